The van der Waals surface area contributed by atoms with Gasteiger partial charge in [-0.2, -0.15) is 0 Å². The molecule has 0 amide bonds. The van der Waals surface area contributed by atoms with Crippen LogP contribution in [-0.4, -0.2) is 45.2 Å². The Kier molecular flexibility index (Phi) is 11.7. The number of halogens is 5. The Balaban J connectivity index is 0.000000477. The number of aliphatic hydroxyl groups is 2. The van der Waals surface area contributed by atoms with Crippen molar-refractivity contribution in [1.82, 2.24) is 4.90 Å². The normalized spacial score (nSPS) is 13.2. The maximum absolute atomic E-state index is 10.7. The van der Waals surface area contributed by atoms with E-state index in [0.717, 1.165) is 19.4 Å². The van der Waals surface area contributed by atoms with Gasteiger partial charge in [0.05, 0.1) is 30.7 Å². The standard InChI is InChI=1S/C8H19NO2.C7HCl5O2/c1-4-5-6-9(7(2)10)8(3)11;8-2-1(7(13)14)3(9)5(11)6(12)4(2)10/h7-8,10-11H,4-6H2,1-3H3;(H,13,14). The molecule has 5 nitrogen and oxygen atoms in total. The topological polar surface area (TPSA) is 81.0 Å². The third-order valence-corrected chi connectivity index (χ3v) is 5.43. The van der Waals surface area contributed by atoms with Crippen LogP contribution in [-0.2, 0) is 0 Å². The molecule has 1 aromatic rings. The van der Waals surface area contributed by atoms with Gasteiger partial charge in [0.15, 0.2) is 0 Å². The van der Waals surface area contributed by atoms with E-state index in [2.05, 4.69) is 6.92 Å². The zero-order valence-electron chi connectivity index (χ0n) is 13.9. The van der Waals surface area contributed by atoms with E-state index >= 15 is 0 Å². The summed E-state index contributed by atoms with van der Waals surface area (Å²) in [6.07, 6.45) is 0.981. The fourth-order valence-electron chi connectivity index (χ4n) is 1.82. The predicted molar refractivity (Wildman–Crippen MR) is 103 cm³/mol. The molecule has 0 heterocycles. The molecule has 0 saturated heterocycles. The van der Waals surface area contributed by atoms with Crippen molar-refractivity contribution in [3.63, 3.8) is 0 Å². The highest BCUT2D eigenvalue weighted by Gasteiger charge is 2.23. The predicted octanol–water partition coefficient (Wildman–Crippen LogP) is 5.42. The molecule has 1 aromatic carbocycles. The summed E-state index contributed by atoms with van der Waals surface area (Å²) < 4.78 is 0. The molecule has 0 aromatic heterocycles. The second-order valence-corrected chi connectivity index (χ2v) is 7.00. The maximum Gasteiger partial charge on any atom is 0.338 e. The molecule has 0 bridgehead atoms. The van der Waals surface area contributed by atoms with Crippen molar-refractivity contribution in [2.75, 3.05) is 6.54 Å². The van der Waals surface area contributed by atoms with Crippen molar-refractivity contribution in [2.24, 2.45) is 0 Å². The molecule has 0 spiro atoms. The number of aliphatic hydroxyl groups excluding tert-OH is 2. The van der Waals surface area contributed by atoms with E-state index in [1.165, 1.54) is 0 Å². The van der Waals surface area contributed by atoms with Crippen LogP contribution >= 0.6 is 58.0 Å². The van der Waals surface area contributed by atoms with Gasteiger partial charge in [0, 0.05) is 6.54 Å². The molecule has 0 aliphatic carbocycles. The summed E-state index contributed by atoms with van der Waals surface area (Å²) in [6, 6.07) is 0. The van der Waals surface area contributed by atoms with Gasteiger partial charge in [-0.25, -0.2) is 4.79 Å². The largest absolute Gasteiger partial charge is 0.478 e. The Hall–Kier alpha value is 0.0200. The number of carboxylic acid groups (broad SMARTS) is 1. The van der Waals surface area contributed by atoms with E-state index in [9.17, 15) is 15.0 Å². The lowest BCUT2D eigenvalue weighted by atomic mass is 10.2. The molecule has 2 unspecified atom stereocenters. The Morgan fingerprint density at radius 1 is 0.920 bits per heavy atom. The number of carboxylic acids is 1. The molecule has 144 valence electrons. The molecular formula is C15H20Cl5NO4. The summed E-state index contributed by atoms with van der Waals surface area (Å²) >= 11 is 28.2. The number of unbranched alkanes of at least 4 members (excludes halogenated alkanes) is 1. The first-order valence-electron chi connectivity index (χ1n) is 7.33. The Morgan fingerprint density at radius 3 is 1.56 bits per heavy atom. The van der Waals surface area contributed by atoms with Crippen molar-refractivity contribution < 1.29 is 20.1 Å². The molecule has 0 aliphatic heterocycles. The molecule has 10 heteroatoms. The molecule has 0 fully saturated rings. The first-order chi connectivity index (χ1) is 11.5. The Bertz CT molecular complexity index is 559. The van der Waals surface area contributed by atoms with Crippen LogP contribution in [0.5, 0.6) is 0 Å². The monoisotopic (exact) mass is 453 g/mol. The van der Waals surface area contributed by atoms with E-state index in [4.69, 9.17) is 63.1 Å². The van der Waals surface area contributed by atoms with Gasteiger partial charge in [-0.15, -0.1) is 0 Å². The van der Waals surface area contributed by atoms with Gasteiger partial charge in [-0.1, -0.05) is 71.3 Å². The van der Waals surface area contributed by atoms with Crippen molar-refractivity contribution in [3.05, 3.63) is 30.7 Å². The van der Waals surface area contributed by atoms with Crippen molar-refractivity contribution in [1.29, 1.82) is 0 Å². The first-order valence-corrected chi connectivity index (χ1v) is 9.22. The van der Waals surface area contributed by atoms with Gasteiger partial charge in [-0.3, -0.25) is 4.90 Å². The van der Waals surface area contributed by atoms with Gasteiger partial charge >= 0.3 is 5.97 Å². The van der Waals surface area contributed by atoms with Crippen LogP contribution in [0.4, 0.5) is 0 Å². The summed E-state index contributed by atoms with van der Waals surface area (Å²) in [5.41, 5.74) is -0.354. The van der Waals surface area contributed by atoms with Crippen LogP contribution in [0.1, 0.15) is 44.0 Å². The zero-order valence-corrected chi connectivity index (χ0v) is 17.6. The fourth-order valence-corrected chi connectivity index (χ4v) is 3.12. The number of aromatic carboxylic acids is 1. The van der Waals surface area contributed by atoms with E-state index < -0.39 is 18.4 Å². The quantitative estimate of drug-likeness (QED) is 0.303. The maximum atomic E-state index is 10.7. The summed E-state index contributed by atoms with van der Waals surface area (Å²) in [6.45, 7) is 6.18. The Morgan fingerprint density at radius 2 is 1.28 bits per heavy atom. The SMILES string of the molecule is CCCCN(C(C)O)C(C)O.O=C(O)c1c(Cl)c(Cl)c(Cl)c(Cl)c1Cl. The van der Waals surface area contributed by atoms with Gasteiger partial charge in [-0.05, 0) is 20.3 Å². The van der Waals surface area contributed by atoms with Gasteiger partial charge in [0.2, 0.25) is 0 Å². The van der Waals surface area contributed by atoms with Crippen LogP contribution in [0.25, 0.3) is 0 Å². The summed E-state index contributed by atoms with van der Waals surface area (Å²) in [4.78, 5) is 12.4. The number of hydrogen-bond acceptors (Lipinski definition) is 4. The molecule has 2 atom stereocenters. The smallest absolute Gasteiger partial charge is 0.338 e. The van der Waals surface area contributed by atoms with Gasteiger partial charge < -0.3 is 15.3 Å². The summed E-state index contributed by atoms with van der Waals surface area (Å²) in [7, 11) is 0. The van der Waals surface area contributed by atoms with Crippen LogP contribution in [0.15, 0.2) is 0 Å². The van der Waals surface area contributed by atoms with E-state index in [1.54, 1.807) is 18.7 Å². The third kappa shape index (κ3) is 7.27. The van der Waals surface area contributed by atoms with Gasteiger partial charge in [0.1, 0.15) is 12.5 Å². The Labute approximate surface area is 172 Å². The molecule has 0 saturated carbocycles. The van der Waals surface area contributed by atoms with Crippen LogP contribution in [0.3, 0.4) is 0 Å². The number of hydrogen-bond donors (Lipinski definition) is 3. The molecule has 0 aliphatic rings. The van der Waals surface area contributed by atoms with Crippen LogP contribution in [0.2, 0.25) is 25.1 Å². The highest BCUT2D eigenvalue weighted by atomic mass is 35.5. The lowest BCUT2D eigenvalue weighted by molar-refractivity contribution is -0.0842. The molecule has 25 heavy (non-hydrogen) atoms. The third-order valence-electron chi connectivity index (χ3n) is 3.15. The number of nitrogens with zero attached hydrogens (tertiary/aromatic N) is 1. The highest BCUT2D eigenvalue weighted by molar-refractivity contribution is 6.56. The number of rotatable bonds is 6. The fraction of sp³-hybridized carbons (Fsp3) is 0.533. The van der Waals surface area contributed by atoms with Crippen molar-refractivity contribution in [2.45, 2.75) is 46.1 Å². The average Bonchev–Trinajstić information content (AvgIpc) is 2.51. The molecule has 3 N–H and O–H groups in total. The molecule has 1 rings (SSSR count). The molecular weight excluding hydrogens is 435 g/mol. The van der Waals surface area contributed by atoms with Crippen molar-refractivity contribution >= 4 is 64.0 Å². The van der Waals surface area contributed by atoms with E-state index in [0.29, 0.717) is 0 Å². The minimum atomic E-state index is -1.32. The second kappa shape index (κ2) is 11.7. The zero-order chi connectivity index (χ0) is 19.9. The average molecular weight is 456 g/mol. The van der Waals surface area contributed by atoms with Gasteiger partial charge in [0.25, 0.3) is 0 Å². The second-order valence-electron chi connectivity index (χ2n) is 5.11. The number of carbonyl (C=O) groups is 1. The van der Waals surface area contributed by atoms with Crippen LogP contribution in [0, 0.1) is 0 Å². The summed E-state index contributed by atoms with van der Waals surface area (Å²) in [5, 5.41) is 26.3. The summed E-state index contributed by atoms with van der Waals surface area (Å²) in [5.74, 6) is -1.32. The lowest BCUT2D eigenvalue weighted by Crippen LogP contribution is -2.40. The van der Waals surface area contributed by atoms with E-state index in [1.807, 2.05) is 0 Å². The minimum absolute atomic E-state index is 0.0617. The lowest BCUT2D eigenvalue weighted by Gasteiger charge is -2.27. The van der Waals surface area contributed by atoms with Crippen LogP contribution < -0.4 is 0 Å². The molecule has 0 radical (unpaired) electrons. The number of benzene rings is 1. The highest BCUT2D eigenvalue weighted by Crippen LogP contribution is 2.43. The first kappa shape index (κ1) is 25.0. The minimum Gasteiger partial charge on any atom is -0.478 e. The van der Waals surface area contributed by atoms with E-state index in [-0.39, 0.29) is 30.7 Å². The van der Waals surface area contributed by atoms with Crippen molar-refractivity contribution in [3.8, 4) is 0 Å².